The molecule has 1 aliphatic carbocycles. The van der Waals surface area contributed by atoms with Gasteiger partial charge in [0.1, 0.15) is 0 Å². The minimum Gasteiger partial charge on any atom is -0.376 e. The smallest absolute Gasteiger partial charge is 0.333 e. The minimum absolute atomic E-state index is 0.0144. The van der Waals surface area contributed by atoms with Crippen LogP contribution in [0.3, 0.4) is 0 Å². The van der Waals surface area contributed by atoms with E-state index in [4.69, 9.17) is 0 Å². The first kappa shape index (κ1) is 52.3. The van der Waals surface area contributed by atoms with Gasteiger partial charge in [0.25, 0.3) is 0 Å². The first-order chi connectivity index (χ1) is 38.4. The molecule has 10 aromatic rings. The predicted molar refractivity (Wildman–Crippen MR) is 350 cm³/mol. The number of nitrogens with zero attached hydrogens (tertiary/aromatic N) is 3. The van der Waals surface area contributed by atoms with Crippen molar-refractivity contribution in [2.75, 3.05) is 14.6 Å². The highest BCUT2D eigenvalue weighted by Crippen LogP contribution is 2.54. The maximum absolute atomic E-state index is 2.72. The van der Waals surface area contributed by atoms with Crippen molar-refractivity contribution in [3.8, 4) is 33.4 Å². The first-order valence-electron chi connectivity index (χ1n) is 29.4. The zero-order valence-electron chi connectivity index (χ0n) is 50.3. The summed E-state index contributed by atoms with van der Waals surface area (Å²) in [6.45, 7) is 34.5. The van der Waals surface area contributed by atoms with E-state index in [2.05, 4.69) is 307 Å². The second-order valence-electron chi connectivity index (χ2n) is 27.4. The molecule has 0 saturated heterocycles. The van der Waals surface area contributed by atoms with E-state index in [-0.39, 0.29) is 28.5 Å². The number of benzene rings is 10. The molecule has 0 N–H and O–H groups in total. The van der Waals surface area contributed by atoms with Crippen LogP contribution < -0.4 is 25.5 Å². The largest absolute Gasteiger partial charge is 0.376 e. The molecule has 0 bridgehead atoms. The molecule has 3 nitrogen and oxygen atoms in total. The molecule has 10 aromatic carbocycles. The maximum Gasteiger partial charge on any atom is 0.333 e. The van der Waals surface area contributed by atoms with E-state index in [1.54, 1.807) is 0 Å². The maximum atomic E-state index is 2.72. The Balaban J connectivity index is 1.14. The van der Waals surface area contributed by atoms with Crippen molar-refractivity contribution >= 4 is 74.0 Å². The van der Waals surface area contributed by atoms with Crippen LogP contribution in [-0.2, 0) is 21.7 Å². The average molecular weight is 1050 g/mol. The second-order valence-corrected chi connectivity index (χ2v) is 27.4. The van der Waals surface area contributed by atoms with Crippen LogP contribution in [0.4, 0.5) is 45.5 Å². The van der Waals surface area contributed by atoms with E-state index in [9.17, 15) is 0 Å². The van der Waals surface area contributed by atoms with Crippen molar-refractivity contribution in [3.63, 3.8) is 0 Å². The van der Waals surface area contributed by atoms with Crippen LogP contribution in [0.15, 0.2) is 188 Å². The molecule has 13 rings (SSSR count). The van der Waals surface area contributed by atoms with Gasteiger partial charge in [0, 0.05) is 56.5 Å². The Hall–Kier alpha value is -8.08. The summed E-state index contributed by atoms with van der Waals surface area (Å²) in [5.74, 6) is 0. The van der Waals surface area contributed by atoms with Crippen LogP contribution in [0.1, 0.15) is 126 Å². The Morgan fingerprint density at radius 1 is 0.407 bits per heavy atom. The Morgan fingerprint density at radius 3 is 1.59 bits per heavy atom. The van der Waals surface area contributed by atoms with Crippen LogP contribution >= 0.6 is 0 Å². The lowest BCUT2D eigenvalue weighted by Crippen LogP contribution is -2.61. The fourth-order valence-electron chi connectivity index (χ4n) is 14.0. The fraction of sp³-hybridized carbons (Fsp3) is 0.247. The molecule has 0 unspecified atom stereocenters. The Kier molecular flexibility index (Phi) is 11.9. The van der Waals surface area contributed by atoms with E-state index < -0.39 is 0 Å². The van der Waals surface area contributed by atoms with Crippen molar-refractivity contribution in [2.24, 2.45) is 0 Å². The average Bonchev–Trinajstić information content (AvgIpc) is 1.92. The van der Waals surface area contributed by atoms with Gasteiger partial charge in [0.05, 0.1) is 0 Å². The fourth-order valence-corrected chi connectivity index (χ4v) is 14.0. The van der Waals surface area contributed by atoms with Crippen molar-refractivity contribution in [2.45, 2.75) is 126 Å². The molecular weight excluding hydrogens is 978 g/mol. The molecule has 2 aliphatic heterocycles. The summed E-state index contributed by atoms with van der Waals surface area (Å²) in [7, 11) is 0. The van der Waals surface area contributed by atoms with Gasteiger partial charge in [0.2, 0.25) is 0 Å². The Morgan fingerprint density at radius 2 is 0.975 bits per heavy atom. The number of fused-ring (bicyclic) bond motifs is 8. The molecule has 4 heteroatoms. The molecule has 2 heterocycles. The summed E-state index contributed by atoms with van der Waals surface area (Å²) in [6.07, 6.45) is 0. The topological polar surface area (TPSA) is 9.72 Å². The highest BCUT2D eigenvalue weighted by atomic mass is 15.2. The second kappa shape index (κ2) is 18.5. The molecule has 0 atom stereocenters. The van der Waals surface area contributed by atoms with Gasteiger partial charge in [-0.2, -0.15) is 0 Å². The van der Waals surface area contributed by atoms with E-state index in [1.165, 1.54) is 134 Å². The third kappa shape index (κ3) is 8.54. The molecule has 3 aliphatic rings. The van der Waals surface area contributed by atoms with Gasteiger partial charge in [-0.25, -0.2) is 0 Å². The van der Waals surface area contributed by atoms with Gasteiger partial charge in [-0.15, -0.1) is 0 Å². The van der Waals surface area contributed by atoms with Crippen LogP contribution in [0.25, 0.3) is 44.2 Å². The van der Waals surface area contributed by atoms with E-state index in [0.29, 0.717) is 0 Å². The number of rotatable bonds is 6. The van der Waals surface area contributed by atoms with Gasteiger partial charge in [-0.1, -0.05) is 191 Å². The lowest BCUT2D eigenvalue weighted by atomic mass is 9.43. The summed E-state index contributed by atoms with van der Waals surface area (Å²) < 4.78 is 0. The molecule has 402 valence electrons. The highest BCUT2D eigenvalue weighted by Gasteiger charge is 2.47. The van der Waals surface area contributed by atoms with E-state index in [1.807, 2.05) is 0 Å². The lowest BCUT2D eigenvalue weighted by molar-refractivity contribution is 0.589. The quantitative estimate of drug-likeness (QED) is 0.154. The van der Waals surface area contributed by atoms with Crippen molar-refractivity contribution in [3.05, 3.63) is 238 Å². The van der Waals surface area contributed by atoms with Crippen molar-refractivity contribution < 1.29 is 0 Å². The molecule has 0 spiro atoms. The van der Waals surface area contributed by atoms with Crippen molar-refractivity contribution in [1.82, 2.24) is 0 Å². The first-order valence-corrected chi connectivity index (χ1v) is 29.4. The van der Waals surface area contributed by atoms with Crippen LogP contribution in [0.2, 0.25) is 0 Å². The highest BCUT2D eigenvalue weighted by molar-refractivity contribution is 6.93. The third-order valence-corrected chi connectivity index (χ3v) is 18.2. The van der Waals surface area contributed by atoms with Crippen LogP contribution in [0.5, 0.6) is 0 Å². The zero-order valence-corrected chi connectivity index (χ0v) is 50.3. The number of hydrogen-bond donors (Lipinski definition) is 0. The summed E-state index contributed by atoms with van der Waals surface area (Å²) in [5, 5.41) is 2.47. The standard InChI is InChI=1S/C77H76BN3/c1-47-38-49(3)72(50(4)39-47)53-42-64-63-41-51-20-16-17-21-52(51)43-69(63)81(60-33-35-62-61-22-18-19-23-65(61)77(14,15)66(62)45-60)78-67-36-34-59(46-70(67)80(71(44-53)73(64)78)68-37-28-56(40-48(68)2)76(11,12)13)79(57-29-24-54(25-30-57)74(5,6)7)58-31-26-55(27-32-58)75(8,9)10/h16-46H,1-15H3. The molecule has 0 fully saturated rings. The molecule has 0 amide bonds. The molecule has 0 radical (unpaired) electrons. The van der Waals surface area contributed by atoms with Crippen molar-refractivity contribution in [1.29, 1.82) is 0 Å². The van der Waals surface area contributed by atoms with Crippen LogP contribution in [0, 0.1) is 27.7 Å². The molecule has 0 saturated carbocycles. The summed E-state index contributed by atoms with van der Waals surface area (Å²) in [6, 6.07) is 73.3. The van der Waals surface area contributed by atoms with Crippen LogP contribution in [-0.4, -0.2) is 6.85 Å². The van der Waals surface area contributed by atoms with E-state index >= 15 is 0 Å². The molecule has 81 heavy (non-hydrogen) atoms. The SMILES string of the molecule is Cc1cc(C)c(-c2cc3c4c(c2)N(c2ccc(C(C)(C)C)cc2C)c2cc(N(c5ccc(C(C)(C)C)cc5)c5ccc(C(C)(C)C)cc5)ccc2B4N(c2ccc4c(c2)C(C)(C)c2ccccc2-4)c2cc4ccccc4cc2-3)c(C)c1. The summed E-state index contributed by atoms with van der Waals surface area (Å²) in [5.41, 5.74) is 31.2. The number of hydrogen-bond acceptors (Lipinski definition) is 3. The molecule has 0 aromatic heterocycles. The predicted octanol–water partition coefficient (Wildman–Crippen LogP) is 20.1. The zero-order chi connectivity index (χ0) is 56.8. The normalized spacial score (nSPS) is 14.1. The van der Waals surface area contributed by atoms with Gasteiger partial charge in [0.15, 0.2) is 0 Å². The van der Waals surface area contributed by atoms with Gasteiger partial charge in [-0.05, 0) is 217 Å². The molecular formula is C77H76BN3. The Labute approximate surface area is 483 Å². The summed E-state index contributed by atoms with van der Waals surface area (Å²) in [4.78, 5) is 7.84. The monoisotopic (exact) mass is 1050 g/mol. The van der Waals surface area contributed by atoms with Gasteiger partial charge in [-0.3, -0.25) is 0 Å². The minimum atomic E-state index is -0.192. The number of aryl methyl sites for hydroxylation is 4. The third-order valence-electron chi connectivity index (χ3n) is 18.2. The van der Waals surface area contributed by atoms with Gasteiger partial charge >= 0.3 is 6.85 Å². The van der Waals surface area contributed by atoms with E-state index in [0.717, 1.165) is 17.1 Å². The van der Waals surface area contributed by atoms with Gasteiger partial charge < -0.3 is 14.6 Å². The Bertz CT molecular complexity index is 4110. The summed E-state index contributed by atoms with van der Waals surface area (Å²) >= 11 is 0. The lowest BCUT2D eigenvalue weighted by Gasteiger charge is -2.47. The number of anilines is 8.